The molecule has 66 valence electrons. The van der Waals surface area contributed by atoms with Crippen molar-refractivity contribution in [3.05, 3.63) is 24.0 Å². The van der Waals surface area contributed by atoms with Gasteiger partial charge in [0.1, 0.15) is 0 Å². The maximum Gasteiger partial charge on any atom is 0.230 e. The number of rotatable bonds is 1. The summed E-state index contributed by atoms with van der Waals surface area (Å²) in [4.78, 5) is 0. The predicted octanol–water partition coefficient (Wildman–Crippen LogP) is 2.86. The van der Waals surface area contributed by atoms with Crippen molar-refractivity contribution in [3.63, 3.8) is 0 Å². The lowest BCUT2D eigenvalue weighted by Gasteiger charge is -2.28. The molecule has 0 fully saturated rings. The molecule has 0 saturated heterocycles. The van der Waals surface area contributed by atoms with Crippen molar-refractivity contribution in [3.8, 4) is 0 Å². The summed E-state index contributed by atoms with van der Waals surface area (Å²) in [5.41, 5.74) is 7.99. The van der Waals surface area contributed by atoms with Gasteiger partial charge in [0.2, 0.25) is 6.23 Å². The van der Waals surface area contributed by atoms with Crippen LogP contribution in [0.4, 0.5) is 0 Å². The van der Waals surface area contributed by atoms with E-state index in [0.29, 0.717) is 0 Å². The summed E-state index contributed by atoms with van der Waals surface area (Å²) in [5.74, 6) is 0. The van der Waals surface area contributed by atoms with Gasteiger partial charge in [-0.05, 0) is 17.1 Å². The summed E-state index contributed by atoms with van der Waals surface area (Å²) in [7, 11) is 0. The molecule has 1 aliphatic heterocycles. The normalized spacial score (nSPS) is 22.9. The fourth-order valence-corrected chi connectivity index (χ4v) is 1.14. The number of allylic oxidation sites excluding steroid dienone is 2. The standard InChI is InChI=1S/C9H14N2O/c1-9(2,3)7-5-4-6-12-8(7)11-10/h4-6,8,10H,1-3H3. The molecule has 1 aliphatic rings. The Bertz CT molecular complexity index is 235. The van der Waals surface area contributed by atoms with Crippen molar-refractivity contribution in [2.24, 2.45) is 10.5 Å². The number of hydrogen-bond donors (Lipinski definition) is 1. The fraction of sp³-hybridized carbons (Fsp3) is 0.556. The molecule has 0 spiro atoms. The second-order valence-corrected chi connectivity index (χ2v) is 3.82. The van der Waals surface area contributed by atoms with Crippen molar-refractivity contribution in [2.75, 3.05) is 0 Å². The Labute approximate surface area is 72.6 Å². The molecule has 1 N–H and O–H groups in total. The van der Waals surface area contributed by atoms with Gasteiger partial charge in [0.15, 0.2) is 0 Å². The van der Waals surface area contributed by atoms with Crippen LogP contribution in [0, 0.1) is 10.9 Å². The maximum atomic E-state index is 6.93. The monoisotopic (exact) mass is 166 g/mol. The Hall–Kier alpha value is -1.12. The maximum absolute atomic E-state index is 6.93. The van der Waals surface area contributed by atoms with E-state index in [4.69, 9.17) is 10.3 Å². The molecule has 12 heavy (non-hydrogen) atoms. The van der Waals surface area contributed by atoms with Crippen LogP contribution in [0.15, 0.2) is 29.1 Å². The van der Waals surface area contributed by atoms with E-state index in [9.17, 15) is 0 Å². The van der Waals surface area contributed by atoms with Gasteiger partial charge in [-0.15, -0.1) is 5.11 Å². The Kier molecular flexibility index (Phi) is 2.31. The smallest absolute Gasteiger partial charge is 0.230 e. The van der Waals surface area contributed by atoms with Crippen LogP contribution in [0.5, 0.6) is 0 Å². The zero-order chi connectivity index (χ0) is 9.19. The minimum absolute atomic E-state index is 0.0139. The van der Waals surface area contributed by atoms with Crippen LogP contribution in [0.25, 0.3) is 0 Å². The Morgan fingerprint density at radius 1 is 1.50 bits per heavy atom. The summed E-state index contributed by atoms with van der Waals surface area (Å²) >= 11 is 0. The summed E-state index contributed by atoms with van der Waals surface area (Å²) in [6.07, 6.45) is 4.95. The number of nitrogens with one attached hydrogen (secondary N) is 1. The third-order valence-corrected chi connectivity index (χ3v) is 1.81. The highest BCUT2D eigenvalue weighted by atomic mass is 16.5. The Morgan fingerprint density at radius 2 is 2.17 bits per heavy atom. The summed E-state index contributed by atoms with van der Waals surface area (Å²) in [5, 5.41) is 3.40. The SMILES string of the molecule is CC(C)(C)C1=CC=COC1N=N. The van der Waals surface area contributed by atoms with Gasteiger partial charge in [0, 0.05) is 0 Å². The molecule has 0 amide bonds. The molecular formula is C9H14N2O. The van der Waals surface area contributed by atoms with Crippen molar-refractivity contribution in [2.45, 2.75) is 27.0 Å². The number of nitrogens with zero attached hydrogens (tertiary/aromatic N) is 1. The first-order chi connectivity index (χ1) is 5.55. The van der Waals surface area contributed by atoms with E-state index in [-0.39, 0.29) is 5.41 Å². The van der Waals surface area contributed by atoms with Crippen LogP contribution in [0.1, 0.15) is 20.8 Å². The molecule has 0 aliphatic carbocycles. The molecule has 3 heteroatoms. The summed E-state index contributed by atoms with van der Waals surface area (Å²) < 4.78 is 5.16. The van der Waals surface area contributed by atoms with Gasteiger partial charge in [0.05, 0.1) is 6.26 Å². The quantitative estimate of drug-likeness (QED) is 0.598. The summed E-state index contributed by atoms with van der Waals surface area (Å²) in [6.45, 7) is 6.25. The molecule has 3 nitrogen and oxygen atoms in total. The topological polar surface area (TPSA) is 45.4 Å². The average molecular weight is 166 g/mol. The lowest BCUT2D eigenvalue weighted by Crippen LogP contribution is -2.23. The van der Waals surface area contributed by atoms with E-state index in [1.54, 1.807) is 6.26 Å². The Balaban J connectivity index is 2.91. The largest absolute Gasteiger partial charge is 0.471 e. The fourth-order valence-electron chi connectivity index (χ4n) is 1.14. The van der Waals surface area contributed by atoms with Crippen molar-refractivity contribution in [1.82, 2.24) is 0 Å². The second kappa shape index (κ2) is 3.09. The van der Waals surface area contributed by atoms with Gasteiger partial charge >= 0.3 is 0 Å². The molecule has 0 aromatic heterocycles. The summed E-state index contributed by atoms with van der Waals surface area (Å²) in [6, 6.07) is 0. The minimum Gasteiger partial charge on any atom is -0.471 e. The molecule has 0 saturated carbocycles. The minimum atomic E-state index is -0.421. The molecule has 1 atom stereocenters. The first-order valence-corrected chi connectivity index (χ1v) is 3.95. The number of hydrogen-bond acceptors (Lipinski definition) is 3. The molecule has 0 aromatic carbocycles. The predicted molar refractivity (Wildman–Crippen MR) is 46.7 cm³/mol. The van der Waals surface area contributed by atoms with E-state index >= 15 is 0 Å². The third kappa shape index (κ3) is 1.72. The van der Waals surface area contributed by atoms with Gasteiger partial charge < -0.3 is 4.74 Å². The lowest BCUT2D eigenvalue weighted by atomic mass is 9.84. The highest BCUT2D eigenvalue weighted by Gasteiger charge is 2.26. The molecule has 0 aromatic rings. The van der Waals surface area contributed by atoms with Crippen LogP contribution in [-0.4, -0.2) is 6.23 Å². The first-order valence-electron chi connectivity index (χ1n) is 3.95. The van der Waals surface area contributed by atoms with Crippen LogP contribution < -0.4 is 0 Å². The lowest BCUT2D eigenvalue weighted by molar-refractivity contribution is 0.149. The van der Waals surface area contributed by atoms with Crippen LogP contribution in [0.3, 0.4) is 0 Å². The Morgan fingerprint density at radius 3 is 2.58 bits per heavy atom. The van der Waals surface area contributed by atoms with Crippen LogP contribution in [0.2, 0.25) is 0 Å². The second-order valence-electron chi connectivity index (χ2n) is 3.82. The molecule has 0 bridgehead atoms. The highest BCUT2D eigenvalue weighted by molar-refractivity contribution is 5.23. The van der Waals surface area contributed by atoms with E-state index in [2.05, 4.69) is 25.9 Å². The van der Waals surface area contributed by atoms with E-state index < -0.39 is 6.23 Å². The first kappa shape index (κ1) is 8.97. The molecular weight excluding hydrogens is 152 g/mol. The molecule has 1 rings (SSSR count). The van der Waals surface area contributed by atoms with Crippen molar-refractivity contribution >= 4 is 0 Å². The van der Waals surface area contributed by atoms with Crippen molar-refractivity contribution in [1.29, 1.82) is 5.53 Å². The molecule has 1 unspecified atom stereocenters. The molecule has 1 heterocycles. The van der Waals surface area contributed by atoms with Gasteiger partial charge in [-0.2, -0.15) is 0 Å². The van der Waals surface area contributed by atoms with Crippen molar-refractivity contribution < 1.29 is 4.74 Å². The molecule has 0 radical (unpaired) electrons. The average Bonchev–Trinajstić information content (AvgIpc) is 2.03. The van der Waals surface area contributed by atoms with Gasteiger partial charge in [-0.3, -0.25) is 0 Å². The van der Waals surface area contributed by atoms with E-state index in [0.717, 1.165) is 5.57 Å². The van der Waals surface area contributed by atoms with E-state index in [1.165, 1.54) is 0 Å². The zero-order valence-corrected chi connectivity index (χ0v) is 7.66. The van der Waals surface area contributed by atoms with Crippen LogP contribution >= 0.6 is 0 Å². The zero-order valence-electron chi connectivity index (χ0n) is 7.66. The van der Waals surface area contributed by atoms with Gasteiger partial charge in [-0.25, -0.2) is 5.53 Å². The van der Waals surface area contributed by atoms with E-state index in [1.807, 2.05) is 12.2 Å². The highest BCUT2D eigenvalue weighted by Crippen LogP contribution is 2.31. The van der Waals surface area contributed by atoms with Gasteiger partial charge in [0.25, 0.3) is 0 Å². The van der Waals surface area contributed by atoms with Gasteiger partial charge in [-0.1, -0.05) is 26.8 Å². The van der Waals surface area contributed by atoms with Crippen LogP contribution in [-0.2, 0) is 4.74 Å². The number of ether oxygens (including phenoxy) is 1. The third-order valence-electron chi connectivity index (χ3n) is 1.81.